The van der Waals surface area contributed by atoms with Gasteiger partial charge in [-0.3, -0.25) is 9.59 Å². The van der Waals surface area contributed by atoms with E-state index in [9.17, 15) is 31.9 Å². The summed E-state index contributed by atoms with van der Waals surface area (Å²) in [5, 5.41) is 4.51. The number of halogens is 4. The fourth-order valence-corrected chi connectivity index (χ4v) is 4.89. The van der Waals surface area contributed by atoms with Crippen LogP contribution in [-0.2, 0) is 15.7 Å². The molecular weight excluding hydrogens is 500 g/mol. The van der Waals surface area contributed by atoms with Gasteiger partial charge in [-0.2, -0.15) is 13.2 Å². The van der Waals surface area contributed by atoms with Gasteiger partial charge >= 0.3 is 18.2 Å². The highest BCUT2D eigenvalue weighted by Crippen LogP contribution is 2.40. The molecule has 0 radical (unpaired) electrons. The molecule has 4 rings (SSSR count). The van der Waals surface area contributed by atoms with E-state index in [1.807, 2.05) is 0 Å². The Balaban J connectivity index is 1.42. The Kier molecular flexibility index (Phi) is 7.11. The van der Waals surface area contributed by atoms with Crippen molar-refractivity contribution in [1.29, 1.82) is 0 Å². The Morgan fingerprint density at radius 2 is 1.72 bits per heavy atom. The lowest BCUT2D eigenvalue weighted by Crippen LogP contribution is -2.38. The fourth-order valence-electron chi connectivity index (χ4n) is 3.88. The molecule has 36 heavy (non-hydrogen) atoms. The molecule has 2 atom stereocenters. The van der Waals surface area contributed by atoms with Gasteiger partial charge in [0, 0.05) is 16.5 Å². The molecule has 2 N–H and O–H groups in total. The molecule has 1 saturated carbocycles. The Hall–Kier alpha value is -3.73. The van der Waals surface area contributed by atoms with E-state index in [2.05, 4.69) is 10.6 Å². The lowest BCUT2D eigenvalue weighted by atomic mass is 9.71. The number of thiophene rings is 1. The van der Waals surface area contributed by atoms with Crippen molar-refractivity contribution in [3.63, 3.8) is 0 Å². The van der Waals surface area contributed by atoms with Crippen LogP contribution in [0.3, 0.4) is 0 Å². The highest BCUT2D eigenvalue weighted by atomic mass is 32.1. The van der Waals surface area contributed by atoms with E-state index in [1.165, 1.54) is 36.6 Å². The fraction of sp³-hybridized carbons (Fsp3) is 0.240. The summed E-state index contributed by atoms with van der Waals surface area (Å²) >= 11 is 1.17. The van der Waals surface area contributed by atoms with E-state index in [0.717, 1.165) is 18.2 Å². The third kappa shape index (κ3) is 5.40. The maximum atomic E-state index is 14.7. The van der Waals surface area contributed by atoms with E-state index in [4.69, 9.17) is 4.74 Å². The summed E-state index contributed by atoms with van der Waals surface area (Å²) < 4.78 is 57.9. The van der Waals surface area contributed by atoms with Gasteiger partial charge in [0.1, 0.15) is 5.82 Å². The number of carbonyl (C=O) groups excluding carboxylic acids is 3. The Morgan fingerprint density at radius 1 is 0.972 bits per heavy atom. The van der Waals surface area contributed by atoms with Gasteiger partial charge in [0.2, 0.25) is 0 Å². The maximum Gasteiger partial charge on any atom is 0.416 e. The number of esters is 1. The molecule has 6 nitrogen and oxygen atoms in total. The average molecular weight is 521 g/mol. The molecule has 0 aliphatic heterocycles. The number of methoxy groups -OCH3 is 1. The number of ketones is 1. The smallest absolute Gasteiger partial charge is 0.416 e. The molecule has 1 aromatic heterocycles. The van der Waals surface area contributed by atoms with E-state index >= 15 is 0 Å². The van der Waals surface area contributed by atoms with Crippen molar-refractivity contribution < 1.29 is 36.7 Å². The molecule has 2 amide bonds. The van der Waals surface area contributed by atoms with Crippen molar-refractivity contribution in [1.82, 2.24) is 0 Å². The standard InChI is InChI=1S/C25H20F4N2O4S/c1-35-23(33)17-7-6-16(17)22(32)21-10-9-20(36-21)13-5-8-19(18(26)11-13)31-24(34)30-15-4-2-3-14(12-15)25(27,28)29/h2-5,8-12,16-17H,6-7H2,1H3,(H2,30,31,34)/t16-,17-/m1/s1. The Labute approximate surface area is 207 Å². The number of hydrogen-bond acceptors (Lipinski definition) is 5. The van der Waals surface area contributed by atoms with Crippen LogP contribution in [0.2, 0.25) is 0 Å². The van der Waals surface area contributed by atoms with Crippen molar-refractivity contribution in [2.75, 3.05) is 17.7 Å². The van der Waals surface area contributed by atoms with Gasteiger partial charge in [0.25, 0.3) is 0 Å². The minimum absolute atomic E-state index is 0.101. The van der Waals surface area contributed by atoms with Crippen LogP contribution in [0.1, 0.15) is 28.1 Å². The number of urea groups is 1. The number of Topliss-reactive ketones (excluding diaryl/α,β-unsaturated/α-hetero) is 1. The molecule has 3 aromatic rings. The van der Waals surface area contributed by atoms with E-state index in [1.54, 1.807) is 18.2 Å². The molecular formula is C25H20F4N2O4S. The normalized spacial score (nSPS) is 17.1. The lowest BCUT2D eigenvalue weighted by molar-refractivity contribution is -0.150. The van der Waals surface area contributed by atoms with Crippen molar-refractivity contribution in [2.45, 2.75) is 19.0 Å². The van der Waals surface area contributed by atoms with E-state index < -0.39 is 41.4 Å². The first-order valence-electron chi connectivity index (χ1n) is 10.8. The summed E-state index contributed by atoms with van der Waals surface area (Å²) in [6.07, 6.45) is -3.37. The number of alkyl halides is 3. The number of nitrogens with one attached hydrogen (secondary N) is 2. The van der Waals surface area contributed by atoms with Crippen LogP contribution in [0.25, 0.3) is 10.4 Å². The number of hydrogen-bond donors (Lipinski definition) is 2. The number of benzene rings is 2. The zero-order valence-electron chi connectivity index (χ0n) is 18.8. The number of ether oxygens (including phenoxy) is 1. The highest BCUT2D eigenvalue weighted by molar-refractivity contribution is 7.17. The minimum atomic E-state index is -4.57. The molecule has 188 valence electrons. The SMILES string of the molecule is COC(=O)[C@@H]1CC[C@H]1C(=O)c1ccc(-c2ccc(NC(=O)Nc3cccc(C(F)(F)F)c3)c(F)c2)s1. The predicted molar refractivity (Wildman–Crippen MR) is 126 cm³/mol. The second-order valence-corrected chi connectivity index (χ2v) is 9.28. The van der Waals surface area contributed by atoms with Crippen LogP contribution < -0.4 is 10.6 Å². The molecule has 2 aromatic carbocycles. The van der Waals surface area contributed by atoms with Gasteiger partial charge in [0.15, 0.2) is 5.78 Å². The van der Waals surface area contributed by atoms with Crippen LogP contribution in [0.5, 0.6) is 0 Å². The van der Waals surface area contributed by atoms with Crippen molar-refractivity contribution in [2.24, 2.45) is 11.8 Å². The van der Waals surface area contributed by atoms with Crippen molar-refractivity contribution in [3.8, 4) is 10.4 Å². The molecule has 1 aliphatic rings. The number of rotatable bonds is 6. The monoisotopic (exact) mass is 520 g/mol. The van der Waals surface area contributed by atoms with Gasteiger partial charge < -0.3 is 15.4 Å². The molecule has 0 bridgehead atoms. The van der Waals surface area contributed by atoms with Crippen LogP contribution in [0, 0.1) is 17.7 Å². The maximum absolute atomic E-state index is 14.7. The highest BCUT2D eigenvalue weighted by Gasteiger charge is 2.42. The van der Waals surface area contributed by atoms with Gasteiger partial charge in [0.05, 0.1) is 29.2 Å². The number of anilines is 2. The molecule has 0 unspecified atom stereocenters. The summed E-state index contributed by atoms with van der Waals surface area (Å²) in [5.74, 6) is -2.20. The van der Waals surface area contributed by atoms with Crippen LogP contribution in [0.15, 0.2) is 54.6 Å². The van der Waals surface area contributed by atoms with Gasteiger partial charge in [-0.05, 0) is 60.9 Å². The molecule has 1 heterocycles. The molecule has 1 aliphatic carbocycles. The lowest BCUT2D eigenvalue weighted by Gasteiger charge is -2.32. The molecule has 0 saturated heterocycles. The second-order valence-electron chi connectivity index (χ2n) is 8.19. The third-order valence-corrected chi connectivity index (χ3v) is 7.06. The van der Waals surface area contributed by atoms with Crippen LogP contribution in [0.4, 0.5) is 33.7 Å². The van der Waals surface area contributed by atoms with E-state index in [-0.39, 0.29) is 17.2 Å². The number of amides is 2. The summed E-state index contributed by atoms with van der Waals surface area (Å²) in [6, 6.07) is 10.5. The molecule has 0 spiro atoms. The van der Waals surface area contributed by atoms with Crippen molar-refractivity contribution in [3.05, 3.63) is 70.9 Å². The summed E-state index contributed by atoms with van der Waals surface area (Å²) in [5.41, 5.74) is -0.733. The second kappa shape index (κ2) is 10.1. The Bertz CT molecular complexity index is 1320. The van der Waals surface area contributed by atoms with Crippen LogP contribution in [-0.4, -0.2) is 24.9 Å². The van der Waals surface area contributed by atoms with Gasteiger partial charge in [-0.25, -0.2) is 9.18 Å². The number of carbonyl (C=O) groups is 3. The topological polar surface area (TPSA) is 84.5 Å². The molecule has 11 heteroatoms. The van der Waals surface area contributed by atoms with Gasteiger partial charge in [-0.1, -0.05) is 12.1 Å². The molecule has 1 fully saturated rings. The quantitative estimate of drug-likeness (QED) is 0.218. The zero-order valence-corrected chi connectivity index (χ0v) is 19.6. The zero-order chi connectivity index (χ0) is 26.0. The third-order valence-electron chi connectivity index (χ3n) is 5.91. The van der Waals surface area contributed by atoms with Crippen molar-refractivity contribution >= 4 is 40.5 Å². The summed E-state index contributed by atoms with van der Waals surface area (Å²) in [7, 11) is 1.29. The first-order chi connectivity index (χ1) is 17.1. The van der Waals surface area contributed by atoms with Gasteiger partial charge in [-0.15, -0.1) is 11.3 Å². The van der Waals surface area contributed by atoms with E-state index in [0.29, 0.717) is 28.2 Å². The summed E-state index contributed by atoms with van der Waals surface area (Å²) in [6.45, 7) is 0. The Morgan fingerprint density at radius 3 is 2.36 bits per heavy atom. The first kappa shape index (κ1) is 25.4. The predicted octanol–water partition coefficient (Wildman–Crippen LogP) is 6.60. The summed E-state index contributed by atoms with van der Waals surface area (Å²) in [4.78, 5) is 37.8. The average Bonchev–Trinajstić information content (AvgIpc) is 3.29. The largest absolute Gasteiger partial charge is 0.469 e. The minimum Gasteiger partial charge on any atom is -0.469 e. The van der Waals surface area contributed by atoms with Crippen LogP contribution >= 0.6 is 11.3 Å². The first-order valence-corrected chi connectivity index (χ1v) is 11.7.